The van der Waals surface area contributed by atoms with E-state index in [2.05, 4.69) is 10.2 Å². The number of piperidine rings is 1. The Morgan fingerprint density at radius 1 is 1.05 bits per heavy atom. The third-order valence-electron chi connectivity index (χ3n) is 7.98. The van der Waals surface area contributed by atoms with Gasteiger partial charge in [-0.05, 0) is 54.8 Å². The number of aliphatic hydroxyl groups is 1. The normalized spacial score (nSPS) is 20.1. The lowest BCUT2D eigenvalue weighted by atomic mass is 9.95. The highest BCUT2D eigenvalue weighted by atomic mass is 32.2. The second kappa shape index (κ2) is 13.1. The van der Waals surface area contributed by atoms with Crippen LogP contribution in [0.5, 0.6) is 5.75 Å². The summed E-state index contributed by atoms with van der Waals surface area (Å²) in [5.41, 5.74) is 1.43. The fourth-order valence-corrected chi connectivity index (χ4v) is 7.44. The van der Waals surface area contributed by atoms with Gasteiger partial charge in [-0.1, -0.05) is 48.5 Å². The first kappa shape index (κ1) is 31.0. The molecule has 7 nitrogen and oxygen atoms in total. The minimum atomic E-state index is -4.68. The molecule has 2 N–H and O–H groups in total. The molecule has 11 heteroatoms. The van der Waals surface area contributed by atoms with Crippen molar-refractivity contribution in [2.45, 2.75) is 61.4 Å². The monoisotopic (exact) mass is 616 g/mol. The molecule has 0 saturated carbocycles. The number of hydrogen-bond acceptors (Lipinski definition) is 6. The number of hydrogen-bond donors (Lipinski definition) is 2. The summed E-state index contributed by atoms with van der Waals surface area (Å²) in [5.74, 6) is -0.983. The fraction of sp³-hybridized carbons (Fsp3) is 0.406. The Morgan fingerprint density at radius 2 is 1.84 bits per heavy atom. The Balaban J connectivity index is 1.30. The maximum atomic E-state index is 13.3. The average Bonchev–Trinajstić information content (AvgIpc) is 2.97. The van der Waals surface area contributed by atoms with E-state index in [1.807, 2.05) is 18.2 Å². The Bertz CT molecular complexity index is 1530. The first-order valence-electron chi connectivity index (χ1n) is 14.4. The second-order valence-electron chi connectivity index (χ2n) is 11.3. The van der Waals surface area contributed by atoms with E-state index in [0.29, 0.717) is 43.5 Å². The van der Waals surface area contributed by atoms with Crippen LogP contribution in [0.4, 0.5) is 13.2 Å². The highest BCUT2D eigenvalue weighted by Crippen LogP contribution is 2.35. The van der Waals surface area contributed by atoms with Gasteiger partial charge >= 0.3 is 6.18 Å². The number of halogens is 3. The van der Waals surface area contributed by atoms with Gasteiger partial charge in [0.05, 0.1) is 35.0 Å². The van der Waals surface area contributed by atoms with E-state index in [1.165, 1.54) is 0 Å². The molecular weight excluding hydrogens is 581 g/mol. The van der Waals surface area contributed by atoms with Crippen molar-refractivity contribution < 1.29 is 36.2 Å². The lowest BCUT2D eigenvalue weighted by molar-refractivity contribution is -0.137. The molecule has 0 radical (unpaired) electrons. The van der Waals surface area contributed by atoms with E-state index < -0.39 is 38.1 Å². The molecule has 2 aliphatic heterocycles. The number of ether oxygens (including phenoxy) is 1. The van der Waals surface area contributed by atoms with Gasteiger partial charge in [0.15, 0.2) is 9.84 Å². The molecule has 230 valence electrons. The highest BCUT2D eigenvalue weighted by molar-refractivity contribution is 7.91. The second-order valence-corrected chi connectivity index (χ2v) is 13.3. The number of carbonyl (C=O) groups excluding carboxylic acids is 1. The predicted octanol–water partition coefficient (Wildman–Crippen LogP) is 5.25. The summed E-state index contributed by atoms with van der Waals surface area (Å²) in [5, 5.41) is 13.0. The first-order valence-corrected chi connectivity index (χ1v) is 16.0. The van der Waals surface area contributed by atoms with Crippen LogP contribution in [0, 0.1) is 0 Å². The Morgan fingerprint density at radius 3 is 2.58 bits per heavy atom. The molecular formula is C32H35F3N2O5S. The van der Waals surface area contributed by atoms with Gasteiger partial charge in [-0.25, -0.2) is 8.42 Å². The summed E-state index contributed by atoms with van der Waals surface area (Å²) in [4.78, 5) is 15.1. The number of aliphatic hydroxyl groups excluding tert-OH is 1. The molecule has 43 heavy (non-hydrogen) atoms. The lowest BCUT2D eigenvalue weighted by Gasteiger charge is -2.31. The zero-order valence-electron chi connectivity index (χ0n) is 23.6. The van der Waals surface area contributed by atoms with Crippen LogP contribution in [0.1, 0.15) is 59.9 Å². The number of carbonyl (C=O) groups is 1. The van der Waals surface area contributed by atoms with Gasteiger partial charge in [0, 0.05) is 37.4 Å². The number of fused-ring (bicyclic) bond motifs is 1. The van der Waals surface area contributed by atoms with E-state index >= 15 is 0 Å². The molecule has 1 saturated heterocycles. The quantitative estimate of drug-likeness (QED) is 0.341. The largest absolute Gasteiger partial charge is 0.493 e. The summed E-state index contributed by atoms with van der Waals surface area (Å²) in [7, 11) is -4.16. The summed E-state index contributed by atoms with van der Waals surface area (Å²) in [6.07, 6.45) is -2.86. The van der Waals surface area contributed by atoms with Crippen molar-refractivity contribution in [1.29, 1.82) is 0 Å². The van der Waals surface area contributed by atoms with Crippen molar-refractivity contribution in [3.63, 3.8) is 0 Å². The third-order valence-corrected chi connectivity index (χ3v) is 9.80. The zero-order chi connectivity index (χ0) is 30.6. The number of nitrogens with zero attached hydrogens (tertiary/aromatic N) is 1. The van der Waals surface area contributed by atoms with E-state index in [-0.39, 0.29) is 24.5 Å². The number of alkyl halides is 3. The van der Waals surface area contributed by atoms with Crippen molar-refractivity contribution in [2.75, 3.05) is 25.4 Å². The molecule has 0 aromatic heterocycles. The Labute approximate surface area is 249 Å². The SMILES string of the molecule is O=C(C[C@@H](CS(=O)(=O)c1cccc(C(F)(F)F)c1)c1ccccc1)N[C@@H]1CCOc2cc(CN3CCCC(O)C3)ccc21. The first-order chi connectivity index (χ1) is 20.5. The highest BCUT2D eigenvalue weighted by Gasteiger charge is 2.33. The summed E-state index contributed by atoms with van der Waals surface area (Å²) >= 11 is 0. The maximum absolute atomic E-state index is 13.3. The van der Waals surface area contributed by atoms with Crippen LogP contribution in [-0.2, 0) is 27.4 Å². The van der Waals surface area contributed by atoms with Gasteiger partial charge in [-0.15, -0.1) is 0 Å². The molecule has 2 aliphatic rings. The molecule has 3 atom stereocenters. The molecule has 0 bridgehead atoms. The number of likely N-dealkylation sites (tertiary alicyclic amines) is 1. The van der Waals surface area contributed by atoms with Gasteiger partial charge in [0.2, 0.25) is 5.91 Å². The minimum absolute atomic E-state index is 0.162. The van der Waals surface area contributed by atoms with Crippen molar-refractivity contribution >= 4 is 15.7 Å². The molecule has 1 amide bonds. The molecule has 5 rings (SSSR count). The van der Waals surface area contributed by atoms with Crippen LogP contribution in [0.15, 0.2) is 77.7 Å². The standard InChI is InChI=1S/C32H35F3N2O5S/c33-32(34,35)25-8-4-10-27(18-25)43(40,41)21-24(23-6-2-1-3-7-23)17-31(39)36-29-13-15-42-30-16-22(11-12-28(29)30)19-37-14-5-9-26(38)20-37/h1-4,6-8,10-12,16,18,24,26,29,38H,5,9,13-15,17,19-21H2,(H,36,39)/t24-,26?,29+/m0/s1. The van der Waals surface area contributed by atoms with Crippen molar-refractivity contribution in [3.05, 3.63) is 95.1 Å². The molecule has 3 aromatic rings. The number of amides is 1. The van der Waals surface area contributed by atoms with Gasteiger partial charge in [-0.2, -0.15) is 13.2 Å². The summed E-state index contributed by atoms with van der Waals surface area (Å²) in [6.45, 7) is 2.63. The van der Waals surface area contributed by atoms with E-state index in [9.17, 15) is 31.5 Å². The van der Waals surface area contributed by atoms with Gasteiger partial charge < -0.3 is 15.2 Å². The Kier molecular flexibility index (Phi) is 9.43. The number of benzene rings is 3. The van der Waals surface area contributed by atoms with E-state index in [1.54, 1.807) is 30.3 Å². The van der Waals surface area contributed by atoms with Gasteiger partial charge in [-0.3, -0.25) is 9.69 Å². The van der Waals surface area contributed by atoms with Crippen LogP contribution in [0.25, 0.3) is 0 Å². The number of sulfone groups is 1. The van der Waals surface area contributed by atoms with E-state index in [0.717, 1.165) is 48.7 Å². The average molecular weight is 617 g/mol. The fourth-order valence-electron chi connectivity index (χ4n) is 5.82. The molecule has 3 aromatic carbocycles. The summed E-state index contributed by atoms with van der Waals surface area (Å²) < 4.78 is 72.3. The molecule has 0 aliphatic carbocycles. The third kappa shape index (κ3) is 7.95. The van der Waals surface area contributed by atoms with Crippen LogP contribution in [0.3, 0.4) is 0 Å². The predicted molar refractivity (Wildman–Crippen MR) is 155 cm³/mol. The van der Waals surface area contributed by atoms with Gasteiger partial charge in [0.25, 0.3) is 0 Å². The molecule has 0 spiro atoms. The minimum Gasteiger partial charge on any atom is -0.493 e. The van der Waals surface area contributed by atoms with Crippen LogP contribution < -0.4 is 10.1 Å². The van der Waals surface area contributed by atoms with Crippen molar-refractivity contribution in [3.8, 4) is 5.75 Å². The number of rotatable bonds is 9. The number of β-amino-alcohol motifs (C(OH)–C–C–N with tert-alkyl or cyclic N) is 1. The van der Waals surface area contributed by atoms with Gasteiger partial charge in [0.1, 0.15) is 5.75 Å². The topological polar surface area (TPSA) is 95.9 Å². The van der Waals surface area contributed by atoms with E-state index in [4.69, 9.17) is 4.74 Å². The smallest absolute Gasteiger partial charge is 0.416 e. The van der Waals surface area contributed by atoms with Crippen molar-refractivity contribution in [2.24, 2.45) is 0 Å². The molecule has 2 heterocycles. The summed E-state index contributed by atoms with van der Waals surface area (Å²) in [6, 6.07) is 17.9. The number of nitrogens with one attached hydrogen (secondary N) is 1. The molecule has 1 fully saturated rings. The van der Waals surface area contributed by atoms with Crippen LogP contribution >= 0.6 is 0 Å². The molecule has 1 unspecified atom stereocenters. The Hall–Kier alpha value is -3.41. The van der Waals surface area contributed by atoms with Crippen LogP contribution in [0.2, 0.25) is 0 Å². The maximum Gasteiger partial charge on any atom is 0.416 e. The van der Waals surface area contributed by atoms with Crippen molar-refractivity contribution in [1.82, 2.24) is 10.2 Å². The lowest BCUT2D eigenvalue weighted by Crippen LogP contribution is -2.37. The van der Waals surface area contributed by atoms with Crippen LogP contribution in [-0.4, -0.2) is 55.9 Å². The zero-order valence-corrected chi connectivity index (χ0v) is 24.4.